The number of imidazole rings is 1. The Morgan fingerprint density at radius 2 is 2.11 bits per heavy atom. The van der Waals surface area contributed by atoms with Crippen LogP contribution in [0.5, 0.6) is 0 Å². The Kier molecular flexibility index (Phi) is 4.04. The van der Waals surface area contributed by atoms with Crippen molar-refractivity contribution in [2.24, 2.45) is 0 Å². The van der Waals surface area contributed by atoms with Crippen LogP contribution < -0.4 is 5.32 Å². The van der Waals surface area contributed by atoms with E-state index in [9.17, 15) is 0 Å². The Hall–Kier alpha value is -1.33. The average molecular weight is 262 g/mol. The van der Waals surface area contributed by atoms with Gasteiger partial charge in [-0.05, 0) is 44.2 Å². The maximum absolute atomic E-state index is 4.42. The van der Waals surface area contributed by atoms with Crippen molar-refractivity contribution in [1.29, 1.82) is 0 Å². The predicted octanol–water partition coefficient (Wildman–Crippen LogP) is 2.84. The summed E-state index contributed by atoms with van der Waals surface area (Å²) in [6, 6.07) is 4.06. The predicted molar refractivity (Wildman–Crippen MR) is 73.5 cm³/mol. The second-order valence-electron chi connectivity index (χ2n) is 5.07. The summed E-state index contributed by atoms with van der Waals surface area (Å²) >= 11 is 1.55. The van der Waals surface area contributed by atoms with E-state index < -0.39 is 0 Å². The number of rotatable bonds is 4. The molecule has 0 aliphatic carbocycles. The molecule has 0 amide bonds. The monoisotopic (exact) mass is 262 g/mol. The van der Waals surface area contributed by atoms with Crippen molar-refractivity contribution >= 4 is 11.8 Å². The molecule has 0 spiro atoms. The summed E-state index contributed by atoms with van der Waals surface area (Å²) in [5.74, 6) is 0. The molecule has 0 radical (unpaired) electrons. The molecular weight excluding hydrogens is 244 g/mol. The summed E-state index contributed by atoms with van der Waals surface area (Å²) in [6.45, 7) is 7.27. The fourth-order valence-corrected chi connectivity index (χ4v) is 2.22. The zero-order chi connectivity index (χ0) is 13.0. The molecule has 0 aliphatic heterocycles. The molecule has 0 saturated heterocycles. The first-order valence-corrected chi connectivity index (χ1v) is 6.72. The molecule has 5 heteroatoms. The number of hydrogen-bond acceptors (Lipinski definition) is 4. The third kappa shape index (κ3) is 3.85. The maximum Gasteiger partial charge on any atom is 0.171 e. The van der Waals surface area contributed by atoms with Crippen molar-refractivity contribution in [3.8, 4) is 0 Å². The molecule has 0 atom stereocenters. The highest BCUT2D eigenvalue weighted by molar-refractivity contribution is 7.99. The molecule has 2 N–H and O–H groups in total. The van der Waals surface area contributed by atoms with Crippen LogP contribution in [0.25, 0.3) is 0 Å². The molecule has 96 valence electrons. The highest BCUT2D eigenvalue weighted by atomic mass is 32.2. The number of aromatic nitrogens is 3. The minimum absolute atomic E-state index is 0.0997. The van der Waals surface area contributed by atoms with Gasteiger partial charge in [-0.1, -0.05) is 6.07 Å². The first-order chi connectivity index (χ1) is 8.54. The van der Waals surface area contributed by atoms with Gasteiger partial charge >= 0.3 is 0 Å². The number of aromatic amines is 1. The summed E-state index contributed by atoms with van der Waals surface area (Å²) in [5.41, 5.74) is 1.29. The molecule has 0 bridgehead atoms. The second-order valence-corrected chi connectivity index (χ2v) is 6.05. The molecule has 2 aromatic heterocycles. The zero-order valence-corrected chi connectivity index (χ0v) is 11.7. The lowest BCUT2D eigenvalue weighted by molar-refractivity contribution is 0.422. The Balaban J connectivity index is 2.10. The Morgan fingerprint density at radius 1 is 1.28 bits per heavy atom. The third-order valence-corrected chi connectivity index (χ3v) is 3.30. The van der Waals surface area contributed by atoms with Gasteiger partial charge in [-0.3, -0.25) is 0 Å². The minimum Gasteiger partial charge on any atom is -0.339 e. The molecule has 0 aliphatic rings. The van der Waals surface area contributed by atoms with Gasteiger partial charge in [-0.2, -0.15) is 0 Å². The Bertz CT molecular complexity index is 488. The third-order valence-electron chi connectivity index (χ3n) is 2.33. The lowest BCUT2D eigenvalue weighted by Crippen LogP contribution is -2.35. The quantitative estimate of drug-likeness (QED) is 0.889. The van der Waals surface area contributed by atoms with Gasteiger partial charge in [0.15, 0.2) is 5.16 Å². The van der Waals surface area contributed by atoms with E-state index in [0.717, 1.165) is 16.7 Å². The number of nitrogens with one attached hydrogen (secondary N) is 2. The Morgan fingerprint density at radius 3 is 2.78 bits per heavy atom. The molecule has 0 unspecified atom stereocenters. The number of nitrogens with zero attached hydrogens (tertiary/aromatic N) is 2. The number of pyridine rings is 1. The minimum atomic E-state index is 0.0997. The van der Waals surface area contributed by atoms with Gasteiger partial charge in [0.25, 0.3) is 0 Å². The van der Waals surface area contributed by atoms with E-state index >= 15 is 0 Å². The van der Waals surface area contributed by atoms with E-state index in [1.54, 1.807) is 18.0 Å². The van der Waals surface area contributed by atoms with Gasteiger partial charge in [-0.15, -0.1) is 0 Å². The fraction of sp³-hybridized carbons (Fsp3) is 0.385. The molecule has 0 aromatic carbocycles. The van der Waals surface area contributed by atoms with E-state index in [-0.39, 0.29) is 5.54 Å². The first kappa shape index (κ1) is 13.1. The van der Waals surface area contributed by atoms with Crippen LogP contribution in [-0.4, -0.2) is 20.5 Å². The van der Waals surface area contributed by atoms with Crippen LogP contribution in [0.1, 0.15) is 26.3 Å². The molecular formula is C13H18N4S. The van der Waals surface area contributed by atoms with Crippen LogP contribution in [0.4, 0.5) is 0 Å². The highest BCUT2D eigenvalue weighted by Gasteiger charge is 2.12. The summed E-state index contributed by atoms with van der Waals surface area (Å²) in [6.07, 6.45) is 5.38. The molecule has 2 heterocycles. The molecule has 18 heavy (non-hydrogen) atoms. The highest BCUT2D eigenvalue weighted by Crippen LogP contribution is 2.25. The SMILES string of the molecule is CC(C)(C)NCc1cccnc1Sc1ncc[nH]1. The lowest BCUT2D eigenvalue weighted by Gasteiger charge is -2.21. The largest absolute Gasteiger partial charge is 0.339 e. The van der Waals surface area contributed by atoms with Crippen LogP contribution >= 0.6 is 11.8 Å². The summed E-state index contributed by atoms with van der Waals surface area (Å²) in [4.78, 5) is 11.7. The smallest absolute Gasteiger partial charge is 0.171 e. The van der Waals surface area contributed by atoms with Gasteiger partial charge in [0.05, 0.1) is 0 Å². The van der Waals surface area contributed by atoms with Crippen molar-refractivity contribution in [1.82, 2.24) is 20.3 Å². The van der Waals surface area contributed by atoms with Gasteiger partial charge in [0.2, 0.25) is 0 Å². The van der Waals surface area contributed by atoms with E-state index in [1.165, 1.54) is 5.56 Å². The second kappa shape index (κ2) is 5.54. The topological polar surface area (TPSA) is 53.6 Å². The molecule has 0 fully saturated rings. The van der Waals surface area contributed by atoms with Gasteiger partial charge in [0, 0.05) is 30.7 Å². The van der Waals surface area contributed by atoms with Gasteiger partial charge < -0.3 is 10.3 Å². The Labute approximate surface area is 112 Å². The van der Waals surface area contributed by atoms with E-state index in [4.69, 9.17) is 0 Å². The van der Waals surface area contributed by atoms with Gasteiger partial charge in [-0.25, -0.2) is 9.97 Å². The number of hydrogen-bond donors (Lipinski definition) is 2. The van der Waals surface area contributed by atoms with Crippen LogP contribution in [0, 0.1) is 0 Å². The van der Waals surface area contributed by atoms with Crippen molar-refractivity contribution in [2.45, 2.75) is 43.0 Å². The average Bonchev–Trinajstić information content (AvgIpc) is 2.80. The molecule has 4 nitrogen and oxygen atoms in total. The molecule has 2 aromatic rings. The summed E-state index contributed by atoms with van der Waals surface area (Å²) in [7, 11) is 0. The normalized spacial score (nSPS) is 11.7. The van der Waals surface area contributed by atoms with Crippen molar-refractivity contribution in [3.05, 3.63) is 36.3 Å². The maximum atomic E-state index is 4.42. The van der Waals surface area contributed by atoms with E-state index in [1.807, 2.05) is 18.5 Å². The van der Waals surface area contributed by atoms with Crippen LogP contribution in [0.3, 0.4) is 0 Å². The van der Waals surface area contributed by atoms with Crippen molar-refractivity contribution in [3.63, 3.8) is 0 Å². The molecule has 2 rings (SSSR count). The zero-order valence-electron chi connectivity index (χ0n) is 10.9. The van der Waals surface area contributed by atoms with Gasteiger partial charge in [0.1, 0.15) is 5.03 Å². The summed E-state index contributed by atoms with van der Waals surface area (Å²) < 4.78 is 0. The lowest BCUT2D eigenvalue weighted by atomic mass is 10.1. The van der Waals surface area contributed by atoms with Crippen LogP contribution in [-0.2, 0) is 6.54 Å². The molecule has 0 saturated carbocycles. The number of H-pyrrole nitrogens is 1. The summed E-state index contributed by atoms with van der Waals surface area (Å²) in [5, 5.41) is 5.33. The van der Waals surface area contributed by atoms with Crippen molar-refractivity contribution in [2.75, 3.05) is 0 Å². The van der Waals surface area contributed by atoms with Crippen LogP contribution in [0.15, 0.2) is 40.9 Å². The first-order valence-electron chi connectivity index (χ1n) is 5.91. The standard InChI is InChI=1S/C13H18N4S/c1-13(2,3)17-9-10-5-4-6-14-11(10)18-12-15-7-8-16-12/h4-8,17H,9H2,1-3H3,(H,15,16). The van der Waals surface area contributed by atoms with Crippen LogP contribution in [0.2, 0.25) is 0 Å². The fourth-order valence-electron chi connectivity index (χ4n) is 1.41. The van der Waals surface area contributed by atoms with Crippen molar-refractivity contribution < 1.29 is 0 Å². The van der Waals surface area contributed by atoms with E-state index in [0.29, 0.717) is 0 Å². The van der Waals surface area contributed by atoms with E-state index in [2.05, 4.69) is 47.1 Å².